The molecule has 0 aromatic heterocycles. The second-order valence-corrected chi connectivity index (χ2v) is 5.18. The Balaban J connectivity index is 2.05. The summed E-state index contributed by atoms with van der Waals surface area (Å²) >= 11 is 0. The van der Waals surface area contributed by atoms with Gasteiger partial charge in [-0.15, -0.1) is 13.2 Å². The highest BCUT2D eigenvalue weighted by atomic mass is 15.2. The number of hydrogen-bond acceptors (Lipinski definition) is 3. The van der Waals surface area contributed by atoms with Crippen LogP contribution in [0.2, 0.25) is 0 Å². The molecule has 20 heavy (non-hydrogen) atoms. The number of nitrogens with zero attached hydrogens (tertiary/aromatic N) is 2. The normalized spacial score (nSPS) is 15.8. The molecule has 108 valence electrons. The van der Waals surface area contributed by atoms with Crippen molar-refractivity contribution in [3.63, 3.8) is 0 Å². The number of anilines is 1. The molecule has 1 N–H and O–H groups in total. The van der Waals surface area contributed by atoms with Crippen LogP contribution in [0.3, 0.4) is 0 Å². The molecule has 1 aromatic rings. The smallest absolute Gasteiger partial charge is 0.0375 e. The molecule has 0 spiro atoms. The van der Waals surface area contributed by atoms with Crippen LogP contribution >= 0.6 is 0 Å². The third-order valence-corrected chi connectivity index (χ3v) is 3.59. The Labute approximate surface area is 122 Å². The maximum absolute atomic E-state index is 3.83. The lowest BCUT2D eigenvalue weighted by molar-refractivity contribution is 0.233. The number of piperazine rings is 1. The number of nitrogens with one attached hydrogen (secondary N) is 1. The van der Waals surface area contributed by atoms with Crippen molar-refractivity contribution < 1.29 is 0 Å². The zero-order chi connectivity index (χ0) is 14.2. The van der Waals surface area contributed by atoms with Gasteiger partial charge in [0.15, 0.2) is 0 Å². The van der Waals surface area contributed by atoms with Crippen molar-refractivity contribution in [3.8, 4) is 0 Å². The molecule has 0 amide bonds. The van der Waals surface area contributed by atoms with Gasteiger partial charge in [0, 0.05) is 51.5 Å². The second-order valence-electron chi connectivity index (χ2n) is 5.18. The summed E-state index contributed by atoms with van der Waals surface area (Å²) in [5.74, 6) is 0. The first-order chi connectivity index (χ1) is 9.83. The van der Waals surface area contributed by atoms with Crippen LogP contribution in [0, 0.1) is 0 Å². The van der Waals surface area contributed by atoms with Crippen LogP contribution in [0.5, 0.6) is 0 Å². The molecule has 1 aromatic carbocycles. The van der Waals surface area contributed by atoms with Crippen molar-refractivity contribution in [1.82, 2.24) is 10.2 Å². The molecular formula is C17H25N3. The summed E-state index contributed by atoms with van der Waals surface area (Å²) in [5.41, 5.74) is 2.62. The van der Waals surface area contributed by atoms with Gasteiger partial charge in [0.25, 0.3) is 0 Å². The highest BCUT2D eigenvalue weighted by Crippen LogP contribution is 2.17. The van der Waals surface area contributed by atoms with Gasteiger partial charge in [0.05, 0.1) is 0 Å². The van der Waals surface area contributed by atoms with Gasteiger partial charge in [-0.25, -0.2) is 0 Å². The van der Waals surface area contributed by atoms with E-state index < -0.39 is 0 Å². The fourth-order valence-electron chi connectivity index (χ4n) is 2.58. The quantitative estimate of drug-likeness (QED) is 0.768. The van der Waals surface area contributed by atoms with Crippen LogP contribution < -0.4 is 10.2 Å². The van der Waals surface area contributed by atoms with E-state index in [1.807, 2.05) is 12.2 Å². The van der Waals surface area contributed by atoms with E-state index in [0.29, 0.717) is 0 Å². The lowest BCUT2D eigenvalue weighted by Gasteiger charge is -2.28. The summed E-state index contributed by atoms with van der Waals surface area (Å²) < 4.78 is 0. The van der Waals surface area contributed by atoms with Gasteiger partial charge in [-0.3, -0.25) is 4.90 Å². The molecule has 1 aliphatic rings. The van der Waals surface area contributed by atoms with E-state index in [2.05, 4.69) is 52.5 Å². The van der Waals surface area contributed by atoms with Gasteiger partial charge in [0.1, 0.15) is 0 Å². The largest absolute Gasteiger partial charge is 0.364 e. The molecule has 0 bridgehead atoms. The number of benzene rings is 1. The van der Waals surface area contributed by atoms with Crippen LogP contribution in [0.15, 0.2) is 49.6 Å². The molecule has 0 saturated carbocycles. The molecular weight excluding hydrogens is 246 g/mol. The average molecular weight is 271 g/mol. The fourth-order valence-corrected chi connectivity index (χ4v) is 2.58. The van der Waals surface area contributed by atoms with Crippen LogP contribution in [0.1, 0.15) is 5.56 Å². The first-order valence-electron chi connectivity index (χ1n) is 7.32. The summed E-state index contributed by atoms with van der Waals surface area (Å²) in [5, 5.41) is 3.39. The van der Waals surface area contributed by atoms with E-state index in [4.69, 9.17) is 0 Å². The number of rotatable bonds is 7. The van der Waals surface area contributed by atoms with E-state index in [-0.39, 0.29) is 0 Å². The molecule has 0 radical (unpaired) electrons. The summed E-state index contributed by atoms with van der Waals surface area (Å²) in [6, 6.07) is 8.81. The van der Waals surface area contributed by atoms with Crippen molar-refractivity contribution in [3.05, 3.63) is 55.1 Å². The van der Waals surface area contributed by atoms with Gasteiger partial charge in [-0.1, -0.05) is 24.3 Å². The van der Waals surface area contributed by atoms with Crippen molar-refractivity contribution in [2.24, 2.45) is 0 Å². The molecule has 1 aliphatic heterocycles. The highest BCUT2D eigenvalue weighted by Gasteiger charge is 2.10. The second kappa shape index (κ2) is 7.88. The Morgan fingerprint density at radius 3 is 2.50 bits per heavy atom. The van der Waals surface area contributed by atoms with Crippen molar-refractivity contribution in [2.75, 3.05) is 44.2 Å². The molecule has 1 heterocycles. The minimum absolute atomic E-state index is 0.850. The molecule has 0 atom stereocenters. The van der Waals surface area contributed by atoms with Gasteiger partial charge < -0.3 is 10.2 Å². The summed E-state index contributed by atoms with van der Waals surface area (Å²) in [4.78, 5) is 4.78. The SMILES string of the molecule is C=CCN(CC=C)c1cccc(CN2CCNCC2)c1. The fraction of sp³-hybridized carbons (Fsp3) is 0.412. The van der Waals surface area contributed by atoms with E-state index in [9.17, 15) is 0 Å². The van der Waals surface area contributed by atoms with E-state index in [1.165, 1.54) is 11.3 Å². The monoisotopic (exact) mass is 271 g/mol. The summed E-state index contributed by atoms with van der Waals surface area (Å²) in [6.07, 6.45) is 3.87. The predicted octanol–water partition coefficient (Wildman–Crippen LogP) is 2.27. The molecule has 2 rings (SSSR count). The first-order valence-corrected chi connectivity index (χ1v) is 7.32. The Bertz CT molecular complexity index is 426. The Morgan fingerprint density at radius 1 is 1.15 bits per heavy atom. The van der Waals surface area contributed by atoms with Crippen LogP contribution in [-0.2, 0) is 6.54 Å². The third-order valence-electron chi connectivity index (χ3n) is 3.59. The summed E-state index contributed by atoms with van der Waals surface area (Å²) in [7, 11) is 0. The van der Waals surface area contributed by atoms with Crippen molar-refractivity contribution in [1.29, 1.82) is 0 Å². The average Bonchev–Trinajstić information content (AvgIpc) is 2.48. The minimum Gasteiger partial charge on any atom is -0.364 e. The molecule has 0 aliphatic carbocycles. The zero-order valence-electron chi connectivity index (χ0n) is 12.2. The van der Waals surface area contributed by atoms with Crippen molar-refractivity contribution >= 4 is 5.69 Å². The topological polar surface area (TPSA) is 18.5 Å². The lowest BCUT2D eigenvalue weighted by Crippen LogP contribution is -2.42. The van der Waals surface area contributed by atoms with Crippen LogP contribution in [0.25, 0.3) is 0 Å². The van der Waals surface area contributed by atoms with Gasteiger partial charge in [0.2, 0.25) is 0 Å². The minimum atomic E-state index is 0.850. The van der Waals surface area contributed by atoms with E-state index in [0.717, 1.165) is 45.8 Å². The van der Waals surface area contributed by atoms with E-state index >= 15 is 0 Å². The van der Waals surface area contributed by atoms with Crippen molar-refractivity contribution in [2.45, 2.75) is 6.54 Å². The predicted molar refractivity (Wildman–Crippen MR) is 87.2 cm³/mol. The standard InChI is InChI=1S/C17H25N3/c1-3-10-20(11-4-2)17-7-5-6-16(14-17)15-19-12-8-18-9-13-19/h3-7,14,18H,1-2,8-13,15H2. The van der Waals surface area contributed by atoms with Crippen LogP contribution in [-0.4, -0.2) is 44.2 Å². The molecule has 3 heteroatoms. The molecule has 0 unspecified atom stereocenters. The first kappa shape index (κ1) is 14.8. The maximum atomic E-state index is 3.83. The molecule has 1 fully saturated rings. The van der Waals surface area contributed by atoms with E-state index in [1.54, 1.807) is 0 Å². The lowest BCUT2D eigenvalue weighted by atomic mass is 10.1. The van der Waals surface area contributed by atoms with Gasteiger partial charge in [-0.05, 0) is 17.7 Å². The summed E-state index contributed by atoms with van der Waals surface area (Å²) in [6.45, 7) is 14.9. The maximum Gasteiger partial charge on any atom is 0.0375 e. The van der Waals surface area contributed by atoms with Gasteiger partial charge in [-0.2, -0.15) is 0 Å². The zero-order valence-corrected chi connectivity index (χ0v) is 12.2. The Kier molecular flexibility index (Phi) is 5.84. The van der Waals surface area contributed by atoms with Gasteiger partial charge >= 0.3 is 0 Å². The Morgan fingerprint density at radius 2 is 1.85 bits per heavy atom. The molecule has 1 saturated heterocycles. The van der Waals surface area contributed by atoms with Crippen LogP contribution in [0.4, 0.5) is 5.69 Å². The third kappa shape index (κ3) is 4.22. The highest BCUT2D eigenvalue weighted by molar-refractivity contribution is 5.49. The molecule has 3 nitrogen and oxygen atoms in total. The Hall–Kier alpha value is -1.58. The number of hydrogen-bond donors (Lipinski definition) is 1.